The van der Waals surface area contributed by atoms with E-state index in [1.807, 2.05) is 20.8 Å². The van der Waals surface area contributed by atoms with Crippen LogP contribution in [0.3, 0.4) is 0 Å². The molecule has 1 saturated heterocycles. The molecule has 1 aliphatic heterocycles. The van der Waals surface area contributed by atoms with Gasteiger partial charge in [0.25, 0.3) is 5.91 Å². The Morgan fingerprint density at radius 2 is 1.84 bits per heavy atom. The number of ether oxygens (including phenoxy) is 1. The summed E-state index contributed by atoms with van der Waals surface area (Å²) in [7, 11) is -3.83. The Morgan fingerprint density at radius 1 is 1.24 bits per heavy atom. The molecule has 0 spiro atoms. The van der Waals surface area contributed by atoms with Gasteiger partial charge in [-0.2, -0.15) is 4.31 Å². The van der Waals surface area contributed by atoms with Gasteiger partial charge in [0.05, 0.1) is 28.8 Å². The first-order valence-corrected chi connectivity index (χ1v) is 10.2. The predicted molar refractivity (Wildman–Crippen MR) is 97.9 cm³/mol. The summed E-state index contributed by atoms with van der Waals surface area (Å²) >= 11 is 12.2. The first-order chi connectivity index (χ1) is 11.6. The number of sulfonamides is 1. The highest BCUT2D eigenvalue weighted by atomic mass is 35.5. The molecule has 6 nitrogen and oxygen atoms in total. The van der Waals surface area contributed by atoms with Crippen molar-refractivity contribution in [3.63, 3.8) is 0 Å². The third-order valence-electron chi connectivity index (χ3n) is 4.19. The summed E-state index contributed by atoms with van der Waals surface area (Å²) in [4.78, 5) is 12.4. The number of carbonyl (C=O) groups excluding carboxylic acids is 1. The van der Waals surface area contributed by atoms with Crippen LogP contribution in [0, 0.1) is 0 Å². The number of benzene rings is 1. The van der Waals surface area contributed by atoms with E-state index in [-0.39, 0.29) is 33.6 Å². The van der Waals surface area contributed by atoms with Crippen LogP contribution in [0.25, 0.3) is 0 Å². The van der Waals surface area contributed by atoms with Crippen LogP contribution < -0.4 is 5.32 Å². The smallest absolute Gasteiger partial charge is 0.253 e. The fraction of sp³-hybridized carbons (Fsp3) is 0.562. The Bertz CT molecular complexity index is 760. The standard InChI is InChI=1S/C16H22Cl2N2O4S/c1-4-16(2,3)19-15(21)11-9-14(13(18)10-12(11)17)25(22,23)20-5-7-24-8-6-20/h9-10H,4-8H2,1-3H3,(H,19,21). The molecule has 0 saturated carbocycles. The molecule has 0 atom stereocenters. The largest absolute Gasteiger partial charge is 0.379 e. The molecule has 9 heteroatoms. The van der Waals surface area contributed by atoms with Gasteiger partial charge in [-0.25, -0.2) is 8.42 Å². The van der Waals surface area contributed by atoms with Gasteiger partial charge in [0, 0.05) is 18.6 Å². The number of hydrogen-bond acceptors (Lipinski definition) is 4. The van der Waals surface area contributed by atoms with Gasteiger partial charge < -0.3 is 10.1 Å². The van der Waals surface area contributed by atoms with Crippen LogP contribution in [0.5, 0.6) is 0 Å². The number of carbonyl (C=O) groups is 1. The highest BCUT2D eigenvalue weighted by molar-refractivity contribution is 7.89. The van der Waals surface area contributed by atoms with Crippen LogP contribution in [-0.4, -0.2) is 50.5 Å². The van der Waals surface area contributed by atoms with E-state index in [1.54, 1.807) is 0 Å². The SMILES string of the molecule is CCC(C)(C)NC(=O)c1cc(S(=O)(=O)N2CCOCC2)c(Cl)cc1Cl. The number of halogens is 2. The lowest BCUT2D eigenvalue weighted by Crippen LogP contribution is -2.43. The van der Waals surface area contributed by atoms with Gasteiger partial charge in [0.1, 0.15) is 4.90 Å². The van der Waals surface area contributed by atoms with Crippen LogP contribution in [-0.2, 0) is 14.8 Å². The molecule has 1 aromatic rings. The second-order valence-corrected chi connectivity index (χ2v) is 9.19. The zero-order chi connectivity index (χ0) is 18.8. The number of rotatable bonds is 5. The quantitative estimate of drug-likeness (QED) is 0.812. The van der Waals surface area contributed by atoms with Crippen LogP contribution >= 0.6 is 23.2 Å². The molecule has 1 amide bonds. The highest BCUT2D eigenvalue weighted by Crippen LogP contribution is 2.31. The first kappa shape index (κ1) is 20.5. The lowest BCUT2D eigenvalue weighted by atomic mass is 10.0. The van der Waals surface area contributed by atoms with E-state index in [9.17, 15) is 13.2 Å². The van der Waals surface area contributed by atoms with Gasteiger partial charge >= 0.3 is 0 Å². The lowest BCUT2D eigenvalue weighted by molar-refractivity contribution is 0.0730. The third-order valence-corrected chi connectivity index (χ3v) is 6.87. The number of morpholine rings is 1. The van der Waals surface area contributed by atoms with E-state index in [0.717, 1.165) is 0 Å². The van der Waals surface area contributed by atoms with Crippen LogP contribution in [0.2, 0.25) is 10.0 Å². The van der Waals surface area contributed by atoms with Crippen molar-refractivity contribution in [2.45, 2.75) is 37.6 Å². The molecule has 0 unspecified atom stereocenters. The molecule has 0 radical (unpaired) electrons. The Hall–Kier alpha value is -0.860. The van der Waals surface area contributed by atoms with Crippen LogP contribution in [0.15, 0.2) is 17.0 Å². The van der Waals surface area contributed by atoms with Crippen molar-refractivity contribution >= 4 is 39.1 Å². The lowest BCUT2D eigenvalue weighted by Gasteiger charge is -2.27. The normalized spacial score (nSPS) is 16.7. The van der Waals surface area contributed by atoms with Gasteiger partial charge in [0.15, 0.2) is 0 Å². The van der Waals surface area contributed by atoms with E-state index in [4.69, 9.17) is 27.9 Å². The van der Waals surface area contributed by atoms with Crippen molar-refractivity contribution in [3.8, 4) is 0 Å². The summed E-state index contributed by atoms with van der Waals surface area (Å²) in [6.45, 7) is 6.82. The monoisotopic (exact) mass is 408 g/mol. The molecule has 1 heterocycles. The number of nitrogens with one attached hydrogen (secondary N) is 1. The third kappa shape index (κ3) is 4.65. The van der Waals surface area contributed by atoms with Gasteiger partial charge in [-0.05, 0) is 32.4 Å². The van der Waals surface area contributed by atoms with Crippen molar-refractivity contribution in [1.29, 1.82) is 0 Å². The summed E-state index contributed by atoms with van der Waals surface area (Å²) in [5.41, 5.74) is -0.358. The van der Waals surface area contributed by atoms with Gasteiger partial charge in [-0.1, -0.05) is 30.1 Å². The molecule has 0 aromatic heterocycles. The van der Waals surface area contributed by atoms with Crippen LogP contribution in [0.1, 0.15) is 37.6 Å². The van der Waals surface area contributed by atoms with Crippen molar-refractivity contribution in [3.05, 3.63) is 27.7 Å². The molecule has 1 N–H and O–H groups in total. The molecule has 25 heavy (non-hydrogen) atoms. The summed E-state index contributed by atoms with van der Waals surface area (Å²) in [5.74, 6) is -0.438. The summed E-state index contributed by atoms with van der Waals surface area (Å²) < 4.78 is 32.2. The number of nitrogens with zero attached hydrogens (tertiary/aromatic N) is 1. The molecule has 1 aromatic carbocycles. The minimum absolute atomic E-state index is 0.0113. The second kappa shape index (κ2) is 7.80. The van der Waals surface area contributed by atoms with E-state index in [1.165, 1.54) is 16.4 Å². The molecule has 2 rings (SSSR count). The van der Waals surface area contributed by atoms with E-state index >= 15 is 0 Å². The maximum atomic E-state index is 12.8. The highest BCUT2D eigenvalue weighted by Gasteiger charge is 2.30. The summed E-state index contributed by atoms with van der Waals surface area (Å²) in [6.07, 6.45) is 0.711. The van der Waals surface area contributed by atoms with Gasteiger partial charge in [-0.15, -0.1) is 0 Å². The van der Waals surface area contributed by atoms with Crippen molar-refractivity contribution in [2.75, 3.05) is 26.3 Å². The minimum Gasteiger partial charge on any atom is -0.379 e. The maximum Gasteiger partial charge on any atom is 0.253 e. The topological polar surface area (TPSA) is 75.7 Å². The molecule has 0 bridgehead atoms. The number of amides is 1. The van der Waals surface area contributed by atoms with Gasteiger partial charge in [-0.3, -0.25) is 4.79 Å². The van der Waals surface area contributed by atoms with E-state index < -0.39 is 21.5 Å². The Morgan fingerprint density at radius 3 is 2.40 bits per heavy atom. The van der Waals surface area contributed by atoms with E-state index in [2.05, 4.69) is 5.32 Å². The zero-order valence-corrected chi connectivity index (χ0v) is 16.8. The molecule has 0 aliphatic carbocycles. The maximum absolute atomic E-state index is 12.8. The predicted octanol–water partition coefficient (Wildman–Crippen LogP) is 2.93. The van der Waals surface area contributed by atoms with Gasteiger partial charge in [0.2, 0.25) is 10.0 Å². The fourth-order valence-electron chi connectivity index (χ4n) is 2.29. The van der Waals surface area contributed by atoms with Crippen LogP contribution in [0.4, 0.5) is 0 Å². The average Bonchev–Trinajstić information content (AvgIpc) is 2.55. The van der Waals surface area contributed by atoms with Crippen molar-refractivity contribution in [2.24, 2.45) is 0 Å². The molecular formula is C16H22Cl2N2O4S. The Labute approximate surface area is 158 Å². The molecular weight excluding hydrogens is 387 g/mol. The first-order valence-electron chi connectivity index (χ1n) is 7.98. The Balaban J connectivity index is 2.42. The van der Waals surface area contributed by atoms with Crippen molar-refractivity contribution in [1.82, 2.24) is 9.62 Å². The average molecular weight is 409 g/mol. The fourth-order valence-corrected chi connectivity index (χ4v) is 4.53. The Kier molecular flexibility index (Phi) is 6.38. The number of hydrogen-bond donors (Lipinski definition) is 1. The minimum atomic E-state index is -3.83. The zero-order valence-electron chi connectivity index (χ0n) is 14.4. The van der Waals surface area contributed by atoms with E-state index in [0.29, 0.717) is 19.6 Å². The summed E-state index contributed by atoms with van der Waals surface area (Å²) in [5, 5.41) is 2.94. The molecule has 140 valence electrons. The summed E-state index contributed by atoms with van der Waals surface area (Å²) in [6, 6.07) is 2.54. The molecule has 1 fully saturated rings. The second-order valence-electron chi connectivity index (χ2n) is 6.47. The molecule has 1 aliphatic rings. The van der Waals surface area contributed by atoms with Crippen molar-refractivity contribution < 1.29 is 17.9 Å².